The Balaban J connectivity index is 2.40. The van der Waals surface area contributed by atoms with E-state index in [0.29, 0.717) is 5.02 Å². The van der Waals surface area contributed by atoms with Crippen molar-refractivity contribution in [2.24, 2.45) is 0 Å². The minimum Gasteiger partial charge on any atom is -0.295 e. The molecule has 0 aliphatic carbocycles. The van der Waals surface area contributed by atoms with E-state index >= 15 is 0 Å². The second kappa shape index (κ2) is 5.70. The minimum atomic E-state index is -0.196. The fourth-order valence-corrected chi connectivity index (χ4v) is 2.99. The molecule has 2 aromatic carbocycles. The Hall–Kier alpha value is -1.51. The predicted octanol–water partition coefficient (Wildman–Crippen LogP) is 5.54. The van der Waals surface area contributed by atoms with Crippen LogP contribution in [0.2, 0.25) is 5.02 Å². The first kappa shape index (κ1) is 14.4. The summed E-state index contributed by atoms with van der Waals surface area (Å²) in [7, 11) is 0. The summed E-state index contributed by atoms with van der Waals surface area (Å²) in [5.41, 5.74) is 4.17. The number of fused-ring (bicyclic) bond motifs is 1. The Morgan fingerprint density at radius 3 is 2.62 bits per heavy atom. The third-order valence-corrected chi connectivity index (χ3v) is 4.13. The maximum Gasteiger partial charge on any atom is 0.132 e. The fraction of sp³-hybridized carbons (Fsp3) is 0.235. The van der Waals surface area contributed by atoms with Gasteiger partial charge in [-0.3, -0.25) is 4.57 Å². The molecule has 0 saturated carbocycles. The number of halogens is 2. The van der Waals surface area contributed by atoms with Gasteiger partial charge >= 0.3 is 0 Å². The third kappa shape index (κ3) is 2.43. The lowest BCUT2D eigenvalue weighted by Crippen LogP contribution is -2.04. The van der Waals surface area contributed by atoms with Crippen LogP contribution in [0.5, 0.6) is 0 Å². The van der Waals surface area contributed by atoms with Gasteiger partial charge in [-0.15, -0.1) is 11.6 Å². The van der Waals surface area contributed by atoms with Gasteiger partial charge in [0.05, 0.1) is 21.6 Å². The smallest absolute Gasteiger partial charge is 0.132 e. The molecule has 1 aromatic heterocycles. The summed E-state index contributed by atoms with van der Waals surface area (Å²) in [5, 5.41) is 0.456. The maximum absolute atomic E-state index is 6.35. The number of nitrogens with zero attached hydrogens (tertiary/aromatic N) is 2. The van der Waals surface area contributed by atoms with Crippen molar-refractivity contribution in [3.63, 3.8) is 0 Å². The van der Waals surface area contributed by atoms with Crippen LogP contribution in [0.25, 0.3) is 16.7 Å². The molecule has 0 radical (unpaired) electrons. The van der Waals surface area contributed by atoms with Crippen LogP contribution < -0.4 is 0 Å². The van der Waals surface area contributed by atoms with Crippen LogP contribution in [0.3, 0.4) is 0 Å². The van der Waals surface area contributed by atoms with Crippen molar-refractivity contribution in [2.75, 3.05) is 0 Å². The van der Waals surface area contributed by atoms with Crippen molar-refractivity contribution >= 4 is 34.2 Å². The largest absolute Gasteiger partial charge is 0.295 e. The second-order valence-corrected chi connectivity index (χ2v) is 6.07. The average molecular weight is 319 g/mol. The van der Waals surface area contributed by atoms with Crippen LogP contribution in [0.4, 0.5) is 0 Å². The third-order valence-electron chi connectivity index (χ3n) is 3.63. The highest BCUT2D eigenvalue weighted by molar-refractivity contribution is 6.35. The molecule has 1 heterocycles. The van der Waals surface area contributed by atoms with E-state index < -0.39 is 0 Å². The Morgan fingerprint density at radius 2 is 1.90 bits per heavy atom. The summed E-state index contributed by atoms with van der Waals surface area (Å²) in [4.78, 5) is 4.66. The monoisotopic (exact) mass is 318 g/mol. The van der Waals surface area contributed by atoms with E-state index in [2.05, 4.69) is 34.7 Å². The SMILES string of the molecule is CCc1ccccc1-n1c(C(C)Cl)nc2c(Cl)cccc21. The van der Waals surface area contributed by atoms with Gasteiger partial charge in [0, 0.05) is 0 Å². The first-order valence-electron chi connectivity index (χ1n) is 7.02. The van der Waals surface area contributed by atoms with Gasteiger partial charge in [0.1, 0.15) is 11.3 Å². The Kier molecular flexibility index (Phi) is 3.92. The number of alkyl halides is 1. The molecule has 1 atom stereocenters. The predicted molar refractivity (Wildman–Crippen MR) is 89.7 cm³/mol. The standard InChI is InChI=1S/C17H16Cl2N2/c1-3-12-7-4-5-9-14(12)21-15-10-6-8-13(19)16(15)20-17(21)11(2)18/h4-11H,3H2,1-2H3. The second-order valence-electron chi connectivity index (χ2n) is 5.01. The number of hydrogen-bond acceptors (Lipinski definition) is 1. The number of benzene rings is 2. The molecular formula is C17H16Cl2N2. The molecule has 1 unspecified atom stereocenters. The number of rotatable bonds is 3. The quantitative estimate of drug-likeness (QED) is 0.579. The number of para-hydroxylation sites is 2. The van der Waals surface area contributed by atoms with Crippen LogP contribution in [-0.2, 0) is 6.42 Å². The summed E-state index contributed by atoms with van der Waals surface area (Å²) in [5.74, 6) is 0.820. The van der Waals surface area contributed by atoms with Crippen LogP contribution in [0.15, 0.2) is 42.5 Å². The summed E-state index contributed by atoms with van der Waals surface area (Å²) >= 11 is 12.6. The molecule has 21 heavy (non-hydrogen) atoms. The van der Waals surface area contributed by atoms with Crippen molar-refractivity contribution in [1.29, 1.82) is 0 Å². The zero-order valence-corrected chi connectivity index (χ0v) is 13.5. The molecule has 0 aliphatic heterocycles. The Morgan fingerprint density at radius 1 is 1.14 bits per heavy atom. The van der Waals surface area contributed by atoms with E-state index in [9.17, 15) is 0 Å². The molecule has 3 rings (SSSR count). The van der Waals surface area contributed by atoms with Crippen molar-refractivity contribution in [3.05, 3.63) is 58.9 Å². The number of hydrogen-bond donors (Lipinski definition) is 0. The first-order chi connectivity index (χ1) is 10.1. The van der Waals surface area contributed by atoms with E-state index in [4.69, 9.17) is 23.2 Å². The van der Waals surface area contributed by atoms with E-state index in [0.717, 1.165) is 29.0 Å². The molecule has 0 bridgehead atoms. The van der Waals surface area contributed by atoms with Crippen molar-refractivity contribution < 1.29 is 0 Å². The first-order valence-corrected chi connectivity index (χ1v) is 7.84. The van der Waals surface area contributed by atoms with Gasteiger partial charge in [-0.2, -0.15) is 0 Å². The normalized spacial score (nSPS) is 12.8. The fourth-order valence-electron chi connectivity index (χ4n) is 2.63. The average Bonchev–Trinajstić information content (AvgIpc) is 2.88. The van der Waals surface area contributed by atoms with Gasteiger partial charge < -0.3 is 0 Å². The van der Waals surface area contributed by atoms with Crippen LogP contribution in [-0.4, -0.2) is 9.55 Å². The molecule has 0 spiro atoms. The van der Waals surface area contributed by atoms with E-state index in [1.165, 1.54) is 5.56 Å². The number of imidazole rings is 1. The molecular weight excluding hydrogens is 303 g/mol. The molecule has 0 amide bonds. The highest BCUT2D eigenvalue weighted by atomic mass is 35.5. The lowest BCUT2D eigenvalue weighted by molar-refractivity contribution is 0.872. The molecule has 2 nitrogen and oxygen atoms in total. The van der Waals surface area contributed by atoms with Gasteiger partial charge in [-0.05, 0) is 37.1 Å². The van der Waals surface area contributed by atoms with E-state index in [1.807, 2.05) is 31.2 Å². The van der Waals surface area contributed by atoms with Gasteiger partial charge in [-0.25, -0.2) is 4.98 Å². The molecule has 0 saturated heterocycles. The van der Waals surface area contributed by atoms with Crippen molar-refractivity contribution in [2.45, 2.75) is 25.6 Å². The summed E-state index contributed by atoms with van der Waals surface area (Å²) in [6.07, 6.45) is 0.951. The molecule has 4 heteroatoms. The van der Waals surface area contributed by atoms with Crippen molar-refractivity contribution in [3.8, 4) is 5.69 Å². The molecule has 3 aromatic rings. The van der Waals surface area contributed by atoms with Crippen LogP contribution in [0, 0.1) is 0 Å². The van der Waals surface area contributed by atoms with Crippen LogP contribution in [0.1, 0.15) is 30.6 Å². The zero-order valence-electron chi connectivity index (χ0n) is 12.0. The van der Waals surface area contributed by atoms with Crippen molar-refractivity contribution in [1.82, 2.24) is 9.55 Å². The molecule has 0 aliphatic rings. The van der Waals surface area contributed by atoms with E-state index in [-0.39, 0.29) is 5.38 Å². The number of aromatic nitrogens is 2. The molecule has 108 valence electrons. The van der Waals surface area contributed by atoms with E-state index in [1.54, 1.807) is 0 Å². The highest BCUT2D eigenvalue weighted by Gasteiger charge is 2.19. The number of aryl methyl sites for hydroxylation is 1. The summed E-state index contributed by atoms with van der Waals surface area (Å²) in [6, 6.07) is 14.2. The molecule has 0 fully saturated rings. The van der Waals surface area contributed by atoms with Gasteiger partial charge in [0.25, 0.3) is 0 Å². The Labute approximate surface area is 134 Å². The van der Waals surface area contributed by atoms with Crippen LogP contribution >= 0.6 is 23.2 Å². The van der Waals surface area contributed by atoms with Gasteiger partial charge in [0.15, 0.2) is 0 Å². The lowest BCUT2D eigenvalue weighted by atomic mass is 10.1. The highest BCUT2D eigenvalue weighted by Crippen LogP contribution is 2.32. The lowest BCUT2D eigenvalue weighted by Gasteiger charge is -2.14. The molecule has 0 N–H and O–H groups in total. The maximum atomic E-state index is 6.35. The topological polar surface area (TPSA) is 17.8 Å². The summed E-state index contributed by atoms with van der Waals surface area (Å²) in [6.45, 7) is 4.08. The van der Waals surface area contributed by atoms with Gasteiger partial charge in [0.2, 0.25) is 0 Å². The minimum absolute atomic E-state index is 0.196. The zero-order chi connectivity index (χ0) is 15.0. The van der Waals surface area contributed by atoms with Gasteiger partial charge in [-0.1, -0.05) is 42.8 Å². The summed E-state index contributed by atoms with van der Waals surface area (Å²) < 4.78 is 2.12. The Bertz CT molecular complexity index is 791.